The Morgan fingerprint density at radius 2 is 2.11 bits per heavy atom. The van der Waals surface area contributed by atoms with Crippen LogP contribution < -0.4 is 5.32 Å². The summed E-state index contributed by atoms with van der Waals surface area (Å²) in [6.45, 7) is 0.372. The van der Waals surface area contributed by atoms with Crippen molar-refractivity contribution in [3.63, 3.8) is 0 Å². The SMILES string of the molecule is O=C(O)[C@H]1CCCN1C(=O)Nc1ccccc1F. The first-order chi connectivity index (χ1) is 8.59. The fourth-order valence-electron chi connectivity index (χ4n) is 2.02. The van der Waals surface area contributed by atoms with Crippen molar-refractivity contribution in [2.45, 2.75) is 18.9 Å². The monoisotopic (exact) mass is 252 g/mol. The number of amides is 2. The summed E-state index contributed by atoms with van der Waals surface area (Å²) < 4.78 is 13.3. The van der Waals surface area contributed by atoms with Crippen LogP contribution in [-0.2, 0) is 4.79 Å². The second kappa shape index (κ2) is 5.03. The fraction of sp³-hybridized carbons (Fsp3) is 0.333. The minimum atomic E-state index is -1.03. The van der Waals surface area contributed by atoms with Gasteiger partial charge in [-0.1, -0.05) is 12.1 Å². The molecule has 1 aromatic rings. The number of urea groups is 1. The van der Waals surface area contributed by atoms with E-state index in [1.165, 1.54) is 23.1 Å². The second-order valence-electron chi connectivity index (χ2n) is 4.10. The molecule has 6 heteroatoms. The minimum Gasteiger partial charge on any atom is -0.480 e. The number of anilines is 1. The number of halogens is 1. The number of hydrogen-bond donors (Lipinski definition) is 2. The van der Waals surface area contributed by atoms with Gasteiger partial charge in [0.15, 0.2) is 0 Å². The van der Waals surface area contributed by atoms with Crippen LogP contribution in [0.25, 0.3) is 0 Å². The Hall–Kier alpha value is -2.11. The molecule has 2 amide bonds. The average molecular weight is 252 g/mol. The van der Waals surface area contributed by atoms with Crippen molar-refractivity contribution >= 4 is 17.7 Å². The molecule has 0 saturated carbocycles. The molecule has 0 aliphatic carbocycles. The van der Waals surface area contributed by atoms with Crippen molar-refractivity contribution in [3.05, 3.63) is 30.1 Å². The van der Waals surface area contributed by atoms with E-state index in [1.807, 2.05) is 0 Å². The van der Waals surface area contributed by atoms with Crippen molar-refractivity contribution in [2.75, 3.05) is 11.9 Å². The van der Waals surface area contributed by atoms with E-state index in [0.29, 0.717) is 19.4 Å². The van der Waals surface area contributed by atoms with Crippen LogP contribution in [0.15, 0.2) is 24.3 Å². The number of nitrogens with zero attached hydrogens (tertiary/aromatic N) is 1. The summed E-state index contributed by atoms with van der Waals surface area (Å²) >= 11 is 0. The smallest absolute Gasteiger partial charge is 0.326 e. The molecule has 5 nitrogen and oxygen atoms in total. The van der Waals surface area contributed by atoms with Gasteiger partial charge in [0, 0.05) is 6.54 Å². The Bertz CT molecular complexity index is 478. The number of carboxylic acid groups (broad SMARTS) is 1. The Labute approximate surface area is 103 Å². The number of rotatable bonds is 2. The molecule has 1 fully saturated rings. The molecule has 2 rings (SSSR count). The standard InChI is InChI=1S/C12H13FN2O3/c13-8-4-1-2-5-9(8)14-12(18)15-7-3-6-10(15)11(16)17/h1-2,4-5,10H,3,6-7H2,(H,14,18)(H,16,17)/t10-/m1/s1. The van der Waals surface area contributed by atoms with Crippen molar-refractivity contribution in [3.8, 4) is 0 Å². The van der Waals surface area contributed by atoms with Gasteiger partial charge in [0.1, 0.15) is 11.9 Å². The van der Waals surface area contributed by atoms with E-state index < -0.39 is 23.9 Å². The van der Waals surface area contributed by atoms with Gasteiger partial charge in [0.05, 0.1) is 5.69 Å². The second-order valence-corrected chi connectivity index (χ2v) is 4.10. The summed E-state index contributed by atoms with van der Waals surface area (Å²) in [5, 5.41) is 11.3. The lowest BCUT2D eigenvalue weighted by atomic mass is 10.2. The highest BCUT2D eigenvalue weighted by Crippen LogP contribution is 2.20. The maximum Gasteiger partial charge on any atom is 0.326 e. The molecule has 0 spiro atoms. The molecule has 1 aliphatic heterocycles. The highest BCUT2D eigenvalue weighted by Gasteiger charge is 2.34. The fourth-order valence-corrected chi connectivity index (χ4v) is 2.02. The third kappa shape index (κ3) is 2.42. The molecule has 1 aromatic carbocycles. The molecule has 2 N–H and O–H groups in total. The van der Waals surface area contributed by atoms with Gasteiger partial charge < -0.3 is 15.3 Å². The zero-order chi connectivity index (χ0) is 13.1. The highest BCUT2D eigenvalue weighted by atomic mass is 19.1. The van der Waals surface area contributed by atoms with E-state index in [9.17, 15) is 14.0 Å². The summed E-state index contributed by atoms with van der Waals surface area (Å²) in [5.74, 6) is -1.58. The highest BCUT2D eigenvalue weighted by molar-refractivity contribution is 5.92. The van der Waals surface area contributed by atoms with E-state index in [2.05, 4.69) is 5.32 Å². The van der Waals surface area contributed by atoms with Gasteiger partial charge in [-0.05, 0) is 25.0 Å². The Morgan fingerprint density at radius 3 is 2.78 bits per heavy atom. The topological polar surface area (TPSA) is 69.6 Å². The number of carboxylic acids is 1. The third-order valence-corrected chi connectivity index (χ3v) is 2.91. The van der Waals surface area contributed by atoms with Gasteiger partial charge in [-0.25, -0.2) is 14.0 Å². The van der Waals surface area contributed by atoms with Crippen LogP contribution in [0.1, 0.15) is 12.8 Å². The molecule has 1 heterocycles. The van der Waals surface area contributed by atoms with Crippen LogP contribution in [-0.4, -0.2) is 34.6 Å². The van der Waals surface area contributed by atoms with E-state index in [0.717, 1.165) is 0 Å². The molecular weight excluding hydrogens is 239 g/mol. The first-order valence-corrected chi connectivity index (χ1v) is 5.64. The summed E-state index contributed by atoms with van der Waals surface area (Å²) in [4.78, 5) is 24.0. The lowest BCUT2D eigenvalue weighted by Crippen LogP contribution is -2.42. The molecule has 1 atom stereocenters. The summed E-state index contributed by atoms with van der Waals surface area (Å²) in [5.41, 5.74) is 0.0542. The van der Waals surface area contributed by atoms with Crippen molar-refractivity contribution in [1.82, 2.24) is 4.90 Å². The molecule has 0 radical (unpaired) electrons. The Morgan fingerprint density at radius 1 is 1.39 bits per heavy atom. The number of likely N-dealkylation sites (tertiary alicyclic amines) is 1. The molecular formula is C12H13FN2O3. The van der Waals surface area contributed by atoms with Crippen LogP contribution >= 0.6 is 0 Å². The number of aliphatic carboxylic acids is 1. The zero-order valence-electron chi connectivity index (χ0n) is 9.60. The molecule has 0 aromatic heterocycles. The summed E-state index contributed by atoms with van der Waals surface area (Å²) in [6.07, 6.45) is 1.07. The van der Waals surface area contributed by atoms with Crippen LogP contribution in [0.4, 0.5) is 14.9 Å². The minimum absolute atomic E-state index is 0.0542. The first kappa shape index (κ1) is 12.3. The summed E-state index contributed by atoms with van der Waals surface area (Å²) in [7, 11) is 0. The number of hydrogen-bond acceptors (Lipinski definition) is 2. The predicted octanol–water partition coefficient (Wildman–Crippen LogP) is 1.91. The average Bonchev–Trinajstić information content (AvgIpc) is 2.81. The van der Waals surface area contributed by atoms with Gasteiger partial charge >= 0.3 is 12.0 Å². The lowest BCUT2D eigenvalue weighted by Gasteiger charge is -2.21. The number of carbonyl (C=O) groups excluding carboxylic acids is 1. The van der Waals surface area contributed by atoms with Crippen molar-refractivity contribution < 1.29 is 19.1 Å². The van der Waals surface area contributed by atoms with E-state index in [1.54, 1.807) is 6.07 Å². The van der Waals surface area contributed by atoms with E-state index in [-0.39, 0.29) is 5.69 Å². The lowest BCUT2D eigenvalue weighted by molar-refractivity contribution is -0.141. The van der Waals surface area contributed by atoms with Crippen LogP contribution in [0.5, 0.6) is 0 Å². The Kier molecular flexibility index (Phi) is 3.45. The first-order valence-electron chi connectivity index (χ1n) is 5.64. The predicted molar refractivity (Wildman–Crippen MR) is 62.8 cm³/mol. The molecule has 96 valence electrons. The molecule has 0 unspecified atom stereocenters. The normalized spacial score (nSPS) is 18.7. The summed E-state index contributed by atoms with van der Waals surface area (Å²) in [6, 6.07) is 4.37. The van der Waals surface area contributed by atoms with Gasteiger partial charge in [0.2, 0.25) is 0 Å². The number of carbonyl (C=O) groups is 2. The van der Waals surface area contributed by atoms with Crippen molar-refractivity contribution in [1.29, 1.82) is 0 Å². The van der Waals surface area contributed by atoms with Gasteiger partial charge in [-0.15, -0.1) is 0 Å². The molecule has 0 bridgehead atoms. The van der Waals surface area contributed by atoms with Crippen LogP contribution in [0.2, 0.25) is 0 Å². The largest absolute Gasteiger partial charge is 0.480 e. The molecule has 1 saturated heterocycles. The van der Waals surface area contributed by atoms with E-state index in [4.69, 9.17) is 5.11 Å². The van der Waals surface area contributed by atoms with Gasteiger partial charge in [-0.2, -0.15) is 0 Å². The number of nitrogens with one attached hydrogen (secondary N) is 1. The van der Waals surface area contributed by atoms with Crippen molar-refractivity contribution in [2.24, 2.45) is 0 Å². The zero-order valence-corrected chi connectivity index (χ0v) is 9.60. The number of benzene rings is 1. The maximum atomic E-state index is 13.3. The quantitative estimate of drug-likeness (QED) is 0.844. The van der Waals surface area contributed by atoms with Crippen LogP contribution in [0.3, 0.4) is 0 Å². The molecule has 1 aliphatic rings. The van der Waals surface area contributed by atoms with Gasteiger partial charge in [-0.3, -0.25) is 0 Å². The third-order valence-electron chi connectivity index (χ3n) is 2.91. The number of para-hydroxylation sites is 1. The van der Waals surface area contributed by atoms with Gasteiger partial charge in [0.25, 0.3) is 0 Å². The molecule has 18 heavy (non-hydrogen) atoms. The maximum absolute atomic E-state index is 13.3. The van der Waals surface area contributed by atoms with E-state index >= 15 is 0 Å². The van der Waals surface area contributed by atoms with Crippen LogP contribution in [0, 0.1) is 5.82 Å². The Balaban J connectivity index is 2.08.